The summed E-state index contributed by atoms with van der Waals surface area (Å²) in [6.07, 6.45) is 3.75. The fourth-order valence-corrected chi connectivity index (χ4v) is 4.16. The minimum absolute atomic E-state index is 0.234. The van der Waals surface area contributed by atoms with Crippen molar-refractivity contribution in [1.29, 1.82) is 0 Å². The van der Waals surface area contributed by atoms with Crippen molar-refractivity contribution in [3.05, 3.63) is 63.0 Å². The lowest BCUT2D eigenvalue weighted by atomic mass is 10.1. The fraction of sp³-hybridized carbons (Fsp3) is 0.304. The first-order valence-electron chi connectivity index (χ1n) is 9.92. The molecule has 0 unspecified atom stereocenters. The minimum atomic E-state index is -0.290. The van der Waals surface area contributed by atoms with Crippen molar-refractivity contribution in [2.24, 2.45) is 0 Å². The maximum absolute atomic E-state index is 12.8. The van der Waals surface area contributed by atoms with Gasteiger partial charge in [0.2, 0.25) is 0 Å². The van der Waals surface area contributed by atoms with Gasteiger partial charge in [0.25, 0.3) is 11.1 Å². The Morgan fingerprint density at radius 3 is 2.60 bits per heavy atom. The van der Waals surface area contributed by atoms with Gasteiger partial charge in [0.1, 0.15) is 0 Å². The van der Waals surface area contributed by atoms with Crippen LogP contribution in [0.2, 0.25) is 0 Å². The molecule has 0 atom stereocenters. The third kappa shape index (κ3) is 5.46. The van der Waals surface area contributed by atoms with Gasteiger partial charge in [-0.15, -0.1) is 0 Å². The predicted molar refractivity (Wildman–Crippen MR) is 124 cm³/mol. The average molecular weight is 490 g/mol. The molecule has 1 aliphatic heterocycles. The highest BCUT2D eigenvalue weighted by Crippen LogP contribution is 2.36. The standard InChI is InChI=1S/C23H24BrNO4S/c1-3-5-12-29-19-11-10-16(13-20(19)28-4-2)14-21-22(26)25(23(27)30-21)15-17-8-6-7-9-18(17)24/h6-11,13-14H,3-5,12,15H2,1-2H3/b21-14-. The molecule has 0 aromatic heterocycles. The smallest absolute Gasteiger partial charge is 0.293 e. The second kappa shape index (κ2) is 10.7. The molecule has 2 amide bonds. The highest BCUT2D eigenvalue weighted by Gasteiger charge is 2.35. The van der Waals surface area contributed by atoms with E-state index < -0.39 is 0 Å². The zero-order valence-electron chi connectivity index (χ0n) is 17.0. The van der Waals surface area contributed by atoms with Crippen LogP contribution in [0.3, 0.4) is 0 Å². The van der Waals surface area contributed by atoms with E-state index >= 15 is 0 Å². The summed E-state index contributed by atoms with van der Waals surface area (Å²) in [7, 11) is 0. The summed E-state index contributed by atoms with van der Waals surface area (Å²) in [6, 6.07) is 13.1. The van der Waals surface area contributed by atoms with Crippen LogP contribution in [0.1, 0.15) is 37.8 Å². The van der Waals surface area contributed by atoms with Crippen LogP contribution in [0, 0.1) is 0 Å². The summed E-state index contributed by atoms with van der Waals surface area (Å²) in [5.74, 6) is 1.03. The number of imide groups is 1. The minimum Gasteiger partial charge on any atom is -0.490 e. The second-order valence-electron chi connectivity index (χ2n) is 6.70. The number of ether oxygens (including phenoxy) is 2. The maximum Gasteiger partial charge on any atom is 0.293 e. The number of nitrogens with zero attached hydrogens (tertiary/aromatic N) is 1. The Hall–Kier alpha value is -2.25. The van der Waals surface area contributed by atoms with Crippen molar-refractivity contribution in [1.82, 2.24) is 4.90 Å². The Morgan fingerprint density at radius 2 is 1.87 bits per heavy atom. The molecule has 0 N–H and O–H groups in total. The summed E-state index contributed by atoms with van der Waals surface area (Å²) in [6.45, 7) is 5.40. The Labute approximate surface area is 189 Å². The molecule has 1 saturated heterocycles. The molecule has 0 saturated carbocycles. The number of hydrogen-bond donors (Lipinski definition) is 0. The summed E-state index contributed by atoms with van der Waals surface area (Å²) >= 11 is 4.42. The molecule has 1 fully saturated rings. The predicted octanol–water partition coefficient (Wildman–Crippen LogP) is 6.26. The molecule has 0 bridgehead atoms. The van der Waals surface area contributed by atoms with Gasteiger partial charge < -0.3 is 9.47 Å². The van der Waals surface area contributed by atoms with Crippen molar-refractivity contribution in [3.63, 3.8) is 0 Å². The summed E-state index contributed by atoms with van der Waals surface area (Å²) < 4.78 is 12.4. The van der Waals surface area contributed by atoms with E-state index in [1.165, 1.54) is 4.90 Å². The largest absolute Gasteiger partial charge is 0.490 e. The first-order chi connectivity index (χ1) is 14.5. The Bertz CT molecular complexity index is 960. The number of halogens is 1. The van der Waals surface area contributed by atoms with E-state index in [0.717, 1.165) is 40.2 Å². The molecular weight excluding hydrogens is 466 g/mol. The first-order valence-corrected chi connectivity index (χ1v) is 11.5. The topological polar surface area (TPSA) is 55.8 Å². The molecule has 5 nitrogen and oxygen atoms in total. The quantitative estimate of drug-likeness (QED) is 0.307. The Morgan fingerprint density at radius 1 is 1.07 bits per heavy atom. The van der Waals surface area contributed by atoms with Crippen molar-refractivity contribution >= 4 is 44.9 Å². The summed E-state index contributed by atoms with van der Waals surface area (Å²) in [5.41, 5.74) is 1.67. The maximum atomic E-state index is 12.8. The van der Waals surface area contributed by atoms with Crippen LogP contribution < -0.4 is 9.47 Å². The SMILES string of the molecule is CCCCOc1ccc(/C=C2\SC(=O)N(Cc3ccccc3Br)C2=O)cc1OCC. The molecule has 7 heteroatoms. The van der Waals surface area contributed by atoms with Crippen LogP contribution in [0.15, 0.2) is 51.8 Å². The van der Waals surface area contributed by atoms with E-state index in [1.807, 2.05) is 49.4 Å². The van der Waals surface area contributed by atoms with E-state index in [9.17, 15) is 9.59 Å². The first kappa shape index (κ1) is 22.4. The van der Waals surface area contributed by atoms with Gasteiger partial charge in [-0.2, -0.15) is 0 Å². The highest BCUT2D eigenvalue weighted by molar-refractivity contribution is 9.10. The van der Waals surface area contributed by atoms with Crippen LogP contribution in [-0.2, 0) is 11.3 Å². The molecule has 2 aromatic carbocycles. The normalized spacial score (nSPS) is 15.2. The molecule has 0 spiro atoms. The second-order valence-corrected chi connectivity index (χ2v) is 8.55. The summed E-state index contributed by atoms with van der Waals surface area (Å²) in [5, 5.41) is -0.272. The van der Waals surface area contributed by atoms with Crippen LogP contribution in [0.4, 0.5) is 4.79 Å². The van der Waals surface area contributed by atoms with Crippen LogP contribution in [0.25, 0.3) is 6.08 Å². The number of thioether (sulfide) groups is 1. The number of amides is 2. The van der Waals surface area contributed by atoms with Gasteiger partial charge in [0.05, 0.1) is 24.7 Å². The molecule has 1 aliphatic rings. The number of carbonyl (C=O) groups excluding carboxylic acids is 2. The highest BCUT2D eigenvalue weighted by atomic mass is 79.9. The number of benzene rings is 2. The van der Waals surface area contributed by atoms with Crippen LogP contribution in [0.5, 0.6) is 11.5 Å². The molecular formula is C23H24BrNO4S. The van der Waals surface area contributed by atoms with Crippen LogP contribution in [-0.4, -0.2) is 29.3 Å². The van der Waals surface area contributed by atoms with Crippen molar-refractivity contribution < 1.29 is 19.1 Å². The van der Waals surface area contributed by atoms with Crippen molar-refractivity contribution in [3.8, 4) is 11.5 Å². The van der Waals surface area contributed by atoms with Gasteiger partial charge in [-0.05, 0) is 60.5 Å². The van der Waals surface area contributed by atoms with E-state index in [-0.39, 0.29) is 17.7 Å². The van der Waals surface area contributed by atoms with Gasteiger partial charge in [0, 0.05) is 4.47 Å². The number of carbonyl (C=O) groups is 2. The fourth-order valence-electron chi connectivity index (χ4n) is 2.91. The molecule has 30 heavy (non-hydrogen) atoms. The van der Waals surface area contributed by atoms with Gasteiger partial charge >= 0.3 is 0 Å². The number of hydrogen-bond acceptors (Lipinski definition) is 5. The summed E-state index contributed by atoms with van der Waals surface area (Å²) in [4.78, 5) is 26.9. The Kier molecular flexibility index (Phi) is 7.99. The number of unbranched alkanes of at least 4 members (excludes halogenated alkanes) is 1. The molecule has 0 aliphatic carbocycles. The average Bonchev–Trinajstić information content (AvgIpc) is 2.99. The van der Waals surface area contributed by atoms with Gasteiger partial charge in [-0.25, -0.2) is 0 Å². The van der Waals surface area contributed by atoms with E-state index in [4.69, 9.17) is 9.47 Å². The van der Waals surface area contributed by atoms with Crippen LogP contribution >= 0.6 is 27.7 Å². The van der Waals surface area contributed by atoms with Crippen molar-refractivity contribution in [2.75, 3.05) is 13.2 Å². The number of rotatable bonds is 9. The monoisotopic (exact) mass is 489 g/mol. The Balaban J connectivity index is 1.79. The van der Waals surface area contributed by atoms with E-state index in [2.05, 4.69) is 22.9 Å². The third-order valence-electron chi connectivity index (χ3n) is 4.48. The molecule has 3 rings (SSSR count). The lowest BCUT2D eigenvalue weighted by Crippen LogP contribution is -2.27. The molecule has 158 valence electrons. The molecule has 1 heterocycles. The zero-order chi connectivity index (χ0) is 21.5. The van der Waals surface area contributed by atoms with E-state index in [0.29, 0.717) is 29.6 Å². The molecule has 2 aromatic rings. The van der Waals surface area contributed by atoms with Crippen molar-refractivity contribution in [2.45, 2.75) is 33.2 Å². The van der Waals surface area contributed by atoms with Gasteiger partial charge in [-0.1, -0.05) is 53.5 Å². The molecule has 0 radical (unpaired) electrons. The lowest BCUT2D eigenvalue weighted by Gasteiger charge is -2.13. The lowest BCUT2D eigenvalue weighted by molar-refractivity contribution is -0.123. The zero-order valence-corrected chi connectivity index (χ0v) is 19.4. The third-order valence-corrected chi connectivity index (χ3v) is 6.16. The van der Waals surface area contributed by atoms with E-state index in [1.54, 1.807) is 6.08 Å². The van der Waals surface area contributed by atoms with Gasteiger partial charge in [-0.3, -0.25) is 14.5 Å². The van der Waals surface area contributed by atoms with Gasteiger partial charge in [0.15, 0.2) is 11.5 Å².